The summed E-state index contributed by atoms with van der Waals surface area (Å²) in [5.41, 5.74) is 11.7. The lowest BCUT2D eigenvalue weighted by molar-refractivity contribution is -0.119. The first kappa shape index (κ1) is 14.8. The summed E-state index contributed by atoms with van der Waals surface area (Å²) in [6.07, 6.45) is 0. The van der Waals surface area contributed by atoms with Crippen molar-refractivity contribution < 1.29 is 14.3 Å². The summed E-state index contributed by atoms with van der Waals surface area (Å²) in [4.78, 5) is 24.7. The maximum Gasteiger partial charge on any atom is 0.254 e. The monoisotopic (exact) mass is 265 g/mol. The molecule has 0 saturated heterocycles. The SMILES string of the molecule is COc1cc(C(=O)N(CC(N)=O)C(C)C)ccc1N. The van der Waals surface area contributed by atoms with Gasteiger partial charge in [0.2, 0.25) is 5.91 Å². The third-order valence-corrected chi connectivity index (χ3v) is 2.69. The summed E-state index contributed by atoms with van der Waals surface area (Å²) in [5, 5.41) is 0. The van der Waals surface area contributed by atoms with E-state index in [1.165, 1.54) is 12.0 Å². The Morgan fingerprint density at radius 3 is 2.47 bits per heavy atom. The van der Waals surface area contributed by atoms with E-state index >= 15 is 0 Å². The zero-order valence-corrected chi connectivity index (χ0v) is 11.3. The maximum absolute atomic E-state index is 12.3. The third kappa shape index (κ3) is 3.61. The number of amides is 2. The summed E-state index contributed by atoms with van der Waals surface area (Å²) in [6, 6.07) is 4.60. The normalized spacial score (nSPS) is 10.3. The van der Waals surface area contributed by atoms with Gasteiger partial charge in [0.25, 0.3) is 5.91 Å². The summed E-state index contributed by atoms with van der Waals surface area (Å²) in [5.74, 6) is -0.412. The Bertz CT molecular complexity index is 486. The minimum Gasteiger partial charge on any atom is -0.495 e. The Morgan fingerprint density at radius 1 is 1.37 bits per heavy atom. The predicted octanol–water partition coefficient (Wildman–Crippen LogP) is 0.613. The van der Waals surface area contributed by atoms with E-state index in [0.29, 0.717) is 17.0 Å². The molecule has 0 fully saturated rings. The number of nitrogens with zero attached hydrogens (tertiary/aromatic N) is 1. The van der Waals surface area contributed by atoms with Crippen LogP contribution in [0.15, 0.2) is 18.2 Å². The van der Waals surface area contributed by atoms with Crippen molar-refractivity contribution in [2.75, 3.05) is 19.4 Å². The zero-order chi connectivity index (χ0) is 14.6. The molecule has 0 bridgehead atoms. The van der Waals surface area contributed by atoms with Crippen molar-refractivity contribution in [2.45, 2.75) is 19.9 Å². The number of anilines is 1. The Kier molecular flexibility index (Phi) is 4.74. The van der Waals surface area contributed by atoms with Crippen LogP contribution in [0.25, 0.3) is 0 Å². The molecule has 0 radical (unpaired) electrons. The van der Waals surface area contributed by atoms with Crippen LogP contribution in [0.4, 0.5) is 5.69 Å². The summed E-state index contributed by atoms with van der Waals surface area (Å²) in [7, 11) is 1.48. The van der Waals surface area contributed by atoms with E-state index in [2.05, 4.69) is 0 Å². The molecule has 6 nitrogen and oxygen atoms in total. The lowest BCUT2D eigenvalue weighted by atomic mass is 10.1. The standard InChI is InChI=1S/C13H19N3O3/c1-8(2)16(7-12(15)17)13(18)9-4-5-10(14)11(6-9)19-3/h4-6,8H,7,14H2,1-3H3,(H2,15,17). The second-order valence-electron chi connectivity index (χ2n) is 4.45. The van der Waals surface area contributed by atoms with Crippen molar-refractivity contribution in [3.63, 3.8) is 0 Å². The highest BCUT2D eigenvalue weighted by Crippen LogP contribution is 2.23. The minimum atomic E-state index is -0.551. The van der Waals surface area contributed by atoms with Crippen molar-refractivity contribution in [1.29, 1.82) is 0 Å². The van der Waals surface area contributed by atoms with Gasteiger partial charge in [-0.1, -0.05) is 0 Å². The van der Waals surface area contributed by atoms with Gasteiger partial charge in [-0.3, -0.25) is 9.59 Å². The smallest absolute Gasteiger partial charge is 0.254 e. The Labute approximate surface area is 112 Å². The van der Waals surface area contributed by atoms with Gasteiger partial charge in [-0.25, -0.2) is 0 Å². The molecule has 1 aromatic carbocycles. The summed E-state index contributed by atoms with van der Waals surface area (Å²) in [6.45, 7) is 3.51. The third-order valence-electron chi connectivity index (χ3n) is 2.69. The van der Waals surface area contributed by atoms with E-state index in [1.807, 2.05) is 13.8 Å². The molecule has 6 heteroatoms. The molecule has 0 aromatic heterocycles. The molecule has 0 heterocycles. The quantitative estimate of drug-likeness (QED) is 0.762. The summed E-state index contributed by atoms with van der Waals surface area (Å²) >= 11 is 0. The topological polar surface area (TPSA) is 98.6 Å². The number of primary amides is 1. The largest absolute Gasteiger partial charge is 0.495 e. The van der Waals surface area contributed by atoms with Gasteiger partial charge in [-0.15, -0.1) is 0 Å². The fourth-order valence-electron chi connectivity index (χ4n) is 1.67. The summed E-state index contributed by atoms with van der Waals surface area (Å²) < 4.78 is 5.07. The van der Waals surface area contributed by atoms with Crippen LogP contribution in [0.2, 0.25) is 0 Å². The number of nitrogens with two attached hydrogens (primary N) is 2. The molecule has 1 rings (SSSR count). The highest BCUT2D eigenvalue weighted by atomic mass is 16.5. The van der Waals surface area contributed by atoms with Crippen molar-refractivity contribution in [1.82, 2.24) is 4.90 Å². The van der Waals surface area contributed by atoms with Gasteiger partial charge in [0, 0.05) is 11.6 Å². The number of rotatable bonds is 5. The van der Waals surface area contributed by atoms with Gasteiger partial charge in [-0.05, 0) is 32.0 Å². The van der Waals surface area contributed by atoms with Crippen LogP contribution in [0.3, 0.4) is 0 Å². The molecule has 0 spiro atoms. The van der Waals surface area contributed by atoms with E-state index in [0.717, 1.165) is 0 Å². The Morgan fingerprint density at radius 2 is 2.00 bits per heavy atom. The first-order valence-corrected chi connectivity index (χ1v) is 5.89. The molecule has 0 aliphatic heterocycles. The van der Waals surface area contributed by atoms with Crippen LogP contribution >= 0.6 is 0 Å². The first-order valence-electron chi connectivity index (χ1n) is 5.89. The second kappa shape index (κ2) is 6.08. The average molecular weight is 265 g/mol. The molecule has 0 aliphatic carbocycles. The highest BCUT2D eigenvalue weighted by molar-refractivity contribution is 5.97. The number of ether oxygens (including phenoxy) is 1. The molecule has 2 amide bonds. The lowest BCUT2D eigenvalue weighted by Crippen LogP contribution is -2.42. The number of methoxy groups -OCH3 is 1. The number of hydrogen-bond acceptors (Lipinski definition) is 4. The number of carbonyl (C=O) groups excluding carboxylic acids is 2. The molecule has 0 aliphatic rings. The zero-order valence-electron chi connectivity index (χ0n) is 11.3. The van der Waals surface area contributed by atoms with Gasteiger partial charge in [0.1, 0.15) is 5.75 Å². The molecule has 19 heavy (non-hydrogen) atoms. The van der Waals surface area contributed by atoms with Gasteiger partial charge in [-0.2, -0.15) is 0 Å². The van der Waals surface area contributed by atoms with Gasteiger partial charge in [0.05, 0.1) is 19.3 Å². The van der Waals surface area contributed by atoms with E-state index in [-0.39, 0.29) is 18.5 Å². The Hall–Kier alpha value is -2.24. The Balaban J connectivity index is 3.06. The van der Waals surface area contributed by atoms with Crippen LogP contribution in [0.1, 0.15) is 24.2 Å². The molecule has 0 unspecified atom stereocenters. The minimum absolute atomic E-state index is 0.122. The highest BCUT2D eigenvalue weighted by Gasteiger charge is 2.21. The van der Waals surface area contributed by atoms with Crippen LogP contribution in [0, 0.1) is 0 Å². The lowest BCUT2D eigenvalue weighted by Gasteiger charge is -2.25. The first-order chi connectivity index (χ1) is 8.86. The van der Waals surface area contributed by atoms with Crippen LogP contribution in [-0.4, -0.2) is 36.4 Å². The van der Waals surface area contributed by atoms with E-state index in [1.54, 1.807) is 18.2 Å². The fourth-order valence-corrected chi connectivity index (χ4v) is 1.67. The van der Waals surface area contributed by atoms with E-state index in [9.17, 15) is 9.59 Å². The van der Waals surface area contributed by atoms with Crippen molar-refractivity contribution in [2.24, 2.45) is 5.73 Å². The molecule has 0 atom stereocenters. The molecule has 4 N–H and O–H groups in total. The number of benzene rings is 1. The molecule has 0 saturated carbocycles. The second-order valence-corrected chi connectivity index (χ2v) is 4.45. The van der Waals surface area contributed by atoms with Crippen molar-refractivity contribution in [3.05, 3.63) is 23.8 Å². The molecule has 104 valence electrons. The van der Waals surface area contributed by atoms with Crippen LogP contribution in [0.5, 0.6) is 5.75 Å². The molecule has 1 aromatic rings. The maximum atomic E-state index is 12.3. The van der Waals surface area contributed by atoms with E-state index in [4.69, 9.17) is 16.2 Å². The number of hydrogen-bond donors (Lipinski definition) is 2. The van der Waals surface area contributed by atoms with Crippen LogP contribution < -0.4 is 16.2 Å². The van der Waals surface area contributed by atoms with E-state index < -0.39 is 5.91 Å². The van der Waals surface area contributed by atoms with Crippen molar-refractivity contribution in [3.8, 4) is 5.75 Å². The van der Waals surface area contributed by atoms with Crippen LogP contribution in [-0.2, 0) is 4.79 Å². The van der Waals surface area contributed by atoms with Gasteiger partial charge in [0.15, 0.2) is 0 Å². The van der Waals surface area contributed by atoms with Gasteiger partial charge >= 0.3 is 0 Å². The predicted molar refractivity (Wildman–Crippen MR) is 72.8 cm³/mol. The molecular weight excluding hydrogens is 246 g/mol. The van der Waals surface area contributed by atoms with Gasteiger partial charge < -0.3 is 21.1 Å². The average Bonchev–Trinajstić information content (AvgIpc) is 2.35. The van der Waals surface area contributed by atoms with Crippen molar-refractivity contribution >= 4 is 17.5 Å². The number of carbonyl (C=O) groups is 2. The number of nitrogen functional groups attached to an aromatic ring is 1. The molecular formula is C13H19N3O3. The fraction of sp³-hybridized carbons (Fsp3) is 0.385.